The average molecular weight is 238 g/mol. The molecule has 2 aromatic rings. The number of nitriles is 1. The molecule has 0 bridgehead atoms. The number of rotatable bonds is 3. The van der Waals surface area contributed by atoms with Crippen molar-refractivity contribution in [1.29, 1.82) is 5.26 Å². The van der Waals surface area contributed by atoms with Gasteiger partial charge in [0, 0.05) is 29.1 Å². The molecule has 0 amide bonds. The van der Waals surface area contributed by atoms with Crippen LogP contribution in [0.5, 0.6) is 5.75 Å². The largest absolute Gasteiger partial charge is 0.496 e. The Morgan fingerprint density at radius 3 is 2.83 bits per heavy atom. The number of hydrogen-bond donors (Lipinski definition) is 0. The van der Waals surface area contributed by atoms with Gasteiger partial charge in [-0.1, -0.05) is 0 Å². The van der Waals surface area contributed by atoms with Gasteiger partial charge in [0.25, 0.3) is 0 Å². The number of methoxy groups -OCH3 is 1. The summed E-state index contributed by atoms with van der Waals surface area (Å²) in [6.07, 6.45) is 3.89. The van der Waals surface area contributed by atoms with Crippen LogP contribution in [0, 0.1) is 11.3 Å². The van der Waals surface area contributed by atoms with Gasteiger partial charge in [-0.05, 0) is 24.3 Å². The fraction of sp³-hybridized carbons (Fsp3) is 0.0714. The Labute approximate surface area is 104 Å². The topological polar surface area (TPSA) is 63.0 Å². The van der Waals surface area contributed by atoms with E-state index in [0.717, 1.165) is 17.4 Å². The number of aromatic nitrogens is 1. The van der Waals surface area contributed by atoms with Crippen molar-refractivity contribution in [3.63, 3.8) is 0 Å². The molecule has 1 aromatic heterocycles. The van der Waals surface area contributed by atoms with E-state index in [2.05, 4.69) is 11.1 Å². The van der Waals surface area contributed by atoms with Crippen molar-refractivity contribution in [2.75, 3.05) is 7.11 Å². The maximum atomic E-state index is 10.7. The van der Waals surface area contributed by atoms with Crippen molar-refractivity contribution in [3.8, 4) is 22.9 Å². The van der Waals surface area contributed by atoms with Crippen molar-refractivity contribution in [1.82, 2.24) is 4.98 Å². The molecule has 0 N–H and O–H groups in total. The molecular weight excluding hydrogens is 228 g/mol. The lowest BCUT2D eigenvalue weighted by molar-refractivity contribution is 0.112. The first-order valence-corrected chi connectivity index (χ1v) is 5.27. The van der Waals surface area contributed by atoms with Crippen molar-refractivity contribution in [2.45, 2.75) is 0 Å². The number of carbonyl (C=O) groups excluding carboxylic acids is 1. The van der Waals surface area contributed by atoms with Crippen LogP contribution in [0.4, 0.5) is 0 Å². The summed E-state index contributed by atoms with van der Waals surface area (Å²) >= 11 is 0. The van der Waals surface area contributed by atoms with Gasteiger partial charge in [0.15, 0.2) is 6.29 Å². The number of carbonyl (C=O) groups is 1. The van der Waals surface area contributed by atoms with E-state index in [-0.39, 0.29) is 0 Å². The van der Waals surface area contributed by atoms with Crippen molar-refractivity contribution in [3.05, 3.63) is 47.8 Å². The number of hydrogen-bond acceptors (Lipinski definition) is 4. The summed E-state index contributed by atoms with van der Waals surface area (Å²) in [7, 11) is 1.54. The van der Waals surface area contributed by atoms with E-state index in [4.69, 9.17) is 10.00 Å². The highest BCUT2D eigenvalue weighted by molar-refractivity contribution is 5.79. The molecule has 0 atom stereocenters. The highest BCUT2D eigenvalue weighted by Crippen LogP contribution is 2.30. The third-order valence-corrected chi connectivity index (χ3v) is 2.54. The van der Waals surface area contributed by atoms with Crippen LogP contribution in [-0.2, 0) is 0 Å². The van der Waals surface area contributed by atoms with Gasteiger partial charge in [-0.3, -0.25) is 9.78 Å². The standard InChI is InChI=1S/C14H10N2O2/c1-18-14-5-10(6-15)2-3-13(14)12-4-11(9-17)7-16-8-12/h2-5,7-9H,1H3. The molecule has 18 heavy (non-hydrogen) atoms. The molecule has 0 aliphatic rings. The van der Waals surface area contributed by atoms with E-state index in [9.17, 15) is 4.79 Å². The summed E-state index contributed by atoms with van der Waals surface area (Å²) in [4.78, 5) is 14.7. The lowest BCUT2D eigenvalue weighted by Crippen LogP contribution is -1.91. The molecule has 1 aromatic carbocycles. The fourth-order valence-corrected chi connectivity index (χ4v) is 1.67. The minimum atomic E-state index is 0.499. The summed E-state index contributed by atoms with van der Waals surface area (Å²) in [5.41, 5.74) is 2.60. The Bertz CT molecular complexity index is 630. The molecule has 4 heteroatoms. The Hall–Kier alpha value is -2.67. The smallest absolute Gasteiger partial charge is 0.151 e. The van der Waals surface area contributed by atoms with Crippen LogP contribution in [0.2, 0.25) is 0 Å². The quantitative estimate of drug-likeness (QED) is 0.770. The van der Waals surface area contributed by atoms with Crippen molar-refractivity contribution in [2.24, 2.45) is 0 Å². The van der Waals surface area contributed by atoms with Crippen LogP contribution in [0.15, 0.2) is 36.7 Å². The minimum Gasteiger partial charge on any atom is -0.496 e. The second kappa shape index (κ2) is 5.11. The molecule has 0 unspecified atom stereocenters. The van der Waals surface area contributed by atoms with E-state index < -0.39 is 0 Å². The third-order valence-electron chi connectivity index (χ3n) is 2.54. The number of nitrogens with zero attached hydrogens (tertiary/aromatic N) is 2. The third kappa shape index (κ3) is 2.20. The van der Waals surface area contributed by atoms with E-state index in [1.807, 2.05) is 0 Å². The summed E-state index contributed by atoms with van der Waals surface area (Å²) in [5.74, 6) is 0.582. The zero-order valence-electron chi connectivity index (χ0n) is 9.75. The Morgan fingerprint density at radius 1 is 1.33 bits per heavy atom. The molecule has 1 heterocycles. The zero-order valence-corrected chi connectivity index (χ0v) is 9.75. The molecule has 0 saturated heterocycles. The number of aldehydes is 1. The monoisotopic (exact) mass is 238 g/mol. The Kier molecular flexibility index (Phi) is 3.35. The molecular formula is C14H10N2O2. The van der Waals surface area contributed by atoms with Gasteiger partial charge in [0.05, 0.1) is 18.7 Å². The molecule has 0 radical (unpaired) electrons. The van der Waals surface area contributed by atoms with Crippen LogP contribution in [0.25, 0.3) is 11.1 Å². The fourth-order valence-electron chi connectivity index (χ4n) is 1.67. The predicted octanol–water partition coefficient (Wildman–Crippen LogP) is 2.44. The second-order valence-corrected chi connectivity index (χ2v) is 3.65. The first-order valence-electron chi connectivity index (χ1n) is 5.27. The first kappa shape index (κ1) is 11.8. The Morgan fingerprint density at radius 2 is 2.17 bits per heavy atom. The van der Waals surface area contributed by atoms with Gasteiger partial charge in [0.1, 0.15) is 5.75 Å². The summed E-state index contributed by atoms with van der Waals surface area (Å²) in [6, 6.07) is 8.91. The number of ether oxygens (including phenoxy) is 1. The lowest BCUT2D eigenvalue weighted by atomic mass is 10.0. The van der Waals surface area contributed by atoms with Crippen LogP contribution in [0.1, 0.15) is 15.9 Å². The van der Waals surface area contributed by atoms with Gasteiger partial charge in [0.2, 0.25) is 0 Å². The van der Waals surface area contributed by atoms with Crippen LogP contribution >= 0.6 is 0 Å². The number of pyridine rings is 1. The van der Waals surface area contributed by atoms with E-state index >= 15 is 0 Å². The highest BCUT2D eigenvalue weighted by Gasteiger charge is 2.08. The zero-order chi connectivity index (χ0) is 13.0. The van der Waals surface area contributed by atoms with Crippen molar-refractivity contribution < 1.29 is 9.53 Å². The maximum Gasteiger partial charge on any atom is 0.151 e. The lowest BCUT2D eigenvalue weighted by Gasteiger charge is -2.08. The minimum absolute atomic E-state index is 0.499. The molecule has 0 spiro atoms. The summed E-state index contributed by atoms with van der Waals surface area (Å²) in [6.45, 7) is 0. The normalized spacial score (nSPS) is 9.56. The number of benzene rings is 1. The van der Waals surface area contributed by atoms with Crippen LogP contribution in [-0.4, -0.2) is 18.4 Å². The van der Waals surface area contributed by atoms with Gasteiger partial charge in [-0.15, -0.1) is 0 Å². The molecule has 0 saturated carbocycles. The van der Waals surface area contributed by atoms with Gasteiger partial charge < -0.3 is 4.74 Å². The first-order chi connectivity index (χ1) is 8.78. The SMILES string of the molecule is COc1cc(C#N)ccc1-c1cncc(C=O)c1. The summed E-state index contributed by atoms with van der Waals surface area (Å²) in [5, 5.41) is 8.84. The maximum absolute atomic E-state index is 10.7. The average Bonchev–Trinajstić information content (AvgIpc) is 2.46. The highest BCUT2D eigenvalue weighted by atomic mass is 16.5. The molecule has 4 nitrogen and oxygen atoms in total. The Balaban J connectivity index is 2.56. The van der Waals surface area contributed by atoms with E-state index in [1.165, 1.54) is 13.3 Å². The predicted molar refractivity (Wildman–Crippen MR) is 66.3 cm³/mol. The van der Waals surface area contributed by atoms with E-state index in [1.54, 1.807) is 30.5 Å². The molecule has 2 rings (SSSR count). The van der Waals surface area contributed by atoms with Crippen LogP contribution in [0.3, 0.4) is 0 Å². The molecule has 0 fully saturated rings. The molecule has 0 aliphatic heterocycles. The van der Waals surface area contributed by atoms with Gasteiger partial charge in [-0.25, -0.2) is 0 Å². The molecule has 0 aliphatic carbocycles. The summed E-state index contributed by atoms with van der Waals surface area (Å²) < 4.78 is 5.25. The second-order valence-electron chi connectivity index (χ2n) is 3.65. The van der Waals surface area contributed by atoms with Gasteiger partial charge >= 0.3 is 0 Å². The van der Waals surface area contributed by atoms with E-state index in [0.29, 0.717) is 16.9 Å². The van der Waals surface area contributed by atoms with Gasteiger partial charge in [-0.2, -0.15) is 5.26 Å². The van der Waals surface area contributed by atoms with Crippen LogP contribution < -0.4 is 4.74 Å². The molecule has 88 valence electrons. The van der Waals surface area contributed by atoms with Crippen molar-refractivity contribution >= 4 is 6.29 Å².